The molecule has 7 amide bonds. The van der Waals surface area contributed by atoms with Gasteiger partial charge in [-0.3, -0.25) is 28.8 Å². The molecule has 11 atom stereocenters. The summed E-state index contributed by atoms with van der Waals surface area (Å²) in [6.07, 6.45) is 11.7. The summed E-state index contributed by atoms with van der Waals surface area (Å²) in [6.45, 7) is 7.88. The summed E-state index contributed by atoms with van der Waals surface area (Å²) in [5.41, 5.74) is 3.42. The molecule has 84 heavy (non-hydrogen) atoms. The average molecular weight is 1150 g/mol. The van der Waals surface area contributed by atoms with E-state index in [4.69, 9.17) is 9.47 Å². The van der Waals surface area contributed by atoms with E-state index in [2.05, 4.69) is 63.0 Å². The maximum absolute atomic E-state index is 14.3. The molecule has 3 aliphatic carbocycles. The number of benzene rings is 4. The van der Waals surface area contributed by atoms with Gasteiger partial charge < -0.3 is 45.9 Å². The predicted octanol–water partition coefficient (Wildman–Crippen LogP) is 8.55. The third-order valence-electron chi connectivity index (χ3n) is 17.2. The predicted molar refractivity (Wildman–Crippen MR) is 318 cm³/mol. The lowest BCUT2D eigenvalue weighted by molar-refractivity contribution is -0.145. The van der Waals surface area contributed by atoms with E-state index in [0.29, 0.717) is 24.3 Å². The number of hydrogen-bond donors (Lipinski definition) is 5. The molecular formula is C67H85N7O10. The Morgan fingerprint density at radius 1 is 0.476 bits per heavy atom. The van der Waals surface area contributed by atoms with Crippen molar-refractivity contribution in [2.75, 3.05) is 39.3 Å². The normalized spacial score (nSPS) is 24.2. The van der Waals surface area contributed by atoms with Gasteiger partial charge in [-0.2, -0.15) is 0 Å². The van der Waals surface area contributed by atoms with Crippen molar-refractivity contribution < 1.29 is 47.8 Å². The molecule has 2 heterocycles. The van der Waals surface area contributed by atoms with Crippen LogP contribution in [0.5, 0.6) is 0 Å². The fourth-order valence-corrected chi connectivity index (χ4v) is 12.1. The smallest absolute Gasteiger partial charge is 0.408 e. The van der Waals surface area contributed by atoms with E-state index in [1.165, 1.54) is 0 Å². The molecule has 2 aliphatic heterocycles. The topological polar surface area (TPSA) is 222 Å². The number of ether oxygens (including phenoxy) is 2. The van der Waals surface area contributed by atoms with Crippen LogP contribution in [0.15, 0.2) is 115 Å². The minimum atomic E-state index is -0.791. The number of nitrogens with one attached hydrogen (secondary N) is 5. The van der Waals surface area contributed by atoms with Gasteiger partial charge in [-0.25, -0.2) is 9.59 Å². The minimum absolute atomic E-state index is 0.0463. The Kier molecular flexibility index (Phi) is 20.6. The van der Waals surface area contributed by atoms with E-state index in [0.717, 1.165) is 100 Å². The van der Waals surface area contributed by atoms with Gasteiger partial charge in [-0.15, -0.1) is 0 Å². The average Bonchev–Trinajstić information content (AvgIpc) is 3.41. The summed E-state index contributed by atoms with van der Waals surface area (Å²) >= 11 is 0. The first-order valence-corrected chi connectivity index (χ1v) is 30.7. The van der Waals surface area contributed by atoms with Crippen LogP contribution in [0.4, 0.5) is 4.79 Å². The van der Waals surface area contributed by atoms with Crippen LogP contribution in [-0.4, -0.2) is 126 Å². The number of rotatable bonds is 27. The van der Waals surface area contributed by atoms with Gasteiger partial charge in [-0.1, -0.05) is 142 Å². The number of amides is 7. The molecule has 0 bridgehead atoms. The summed E-state index contributed by atoms with van der Waals surface area (Å²) in [4.78, 5) is 112. The Balaban J connectivity index is 0.734. The van der Waals surface area contributed by atoms with Crippen molar-refractivity contribution in [3.63, 3.8) is 0 Å². The fourth-order valence-electron chi connectivity index (χ4n) is 12.1. The minimum Gasteiger partial charge on any atom is -0.464 e. The van der Waals surface area contributed by atoms with Crippen LogP contribution in [0, 0.1) is 23.7 Å². The van der Waals surface area contributed by atoms with E-state index in [9.17, 15) is 38.4 Å². The summed E-state index contributed by atoms with van der Waals surface area (Å²) in [7, 11) is 0. The molecule has 448 valence electrons. The third kappa shape index (κ3) is 16.8. The highest BCUT2D eigenvalue weighted by Crippen LogP contribution is 2.44. The SMILES string of the molecule is C[C@H](NC(=O)OC(C)(C)C)C(=O)OCCCCCCCCCCCCNC(=O)[C@@H]1CN(C(=O)c2ccc(C(=O)N3C[C@@H](C(=O)N[C@H]4C[C@@H]4c4ccccc4)[C@H](C(=O)N[C@H]4C[C@@H]4c4ccccc4)C3)cc2)C[C@H]1C(=O)N[C@H]1C[C@@H]1c1ccccc1. The van der Waals surface area contributed by atoms with Crippen molar-refractivity contribution in [2.45, 2.75) is 159 Å². The van der Waals surface area contributed by atoms with Crippen molar-refractivity contribution >= 4 is 47.5 Å². The third-order valence-corrected chi connectivity index (χ3v) is 17.2. The van der Waals surface area contributed by atoms with Crippen molar-refractivity contribution in [1.29, 1.82) is 0 Å². The first kappa shape index (κ1) is 61.0. The Hall–Kier alpha value is -7.56. The summed E-state index contributed by atoms with van der Waals surface area (Å²) in [5.74, 6) is -4.58. The van der Waals surface area contributed by atoms with Crippen LogP contribution in [0.2, 0.25) is 0 Å². The van der Waals surface area contributed by atoms with E-state index >= 15 is 0 Å². The van der Waals surface area contributed by atoms with Gasteiger partial charge in [-0.05, 0) is 101 Å². The second kappa shape index (κ2) is 28.3. The molecule has 5 aliphatic rings. The Bertz CT molecular complexity index is 2840. The molecule has 2 saturated heterocycles. The molecule has 0 unspecified atom stereocenters. The molecule has 17 nitrogen and oxygen atoms in total. The lowest BCUT2D eigenvalue weighted by Gasteiger charge is -2.21. The van der Waals surface area contributed by atoms with E-state index in [1.54, 1.807) is 61.8 Å². The zero-order valence-corrected chi connectivity index (χ0v) is 49.2. The molecule has 17 heteroatoms. The summed E-state index contributed by atoms with van der Waals surface area (Å²) < 4.78 is 10.5. The lowest BCUT2D eigenvalue weighted by Crippen LogP contribution is -2.43. The first-order valence-electron chi connectivity index (χ1n) is 30.7. The molecule has 9 rings (SSSR count). The number of alkyl carbamates (subject to hydrolysis) is 1. The zero-order chi connectivity index (χ0) is 59.3. The Morgan fingerprint density at radius 2 is 0.821 bits per heavy atom. The standard InChI is InChI=1S/C67H85N7O10/c1-43(69-66(82)84-67(2,3)4)65(81)83-35-23-12-10-8-6-5-7-9-11-22-34-68-59(75)52-39-73(40-53(52)60(76)70-56-36-49(56)44-24-16-13-17-25-44)63(79)47-30-32-48(33-31-47)64(80)74-41-54(61(77)71-57-37-50(57)45-26-18-14-19-27-45)55(42-74)62(78)72-58-38-51(58)46-28-20-15-21-29-46/h13-21,24-33,43,49-58H,5-12,22-23,34-42H2,1-4H3,(H,68,75)(H,69,82)(H,70,76)(H,71,77)(H,72,78)/t43-,49+,50+,51+,52+,53+,54+,55+,56-,57-,58-/m0/s1. The number of esters is 1. The van der Waals surface area contributed by atoms with Gasteiger partial charge in [0.05, 0.1) is 30.3 Å². The van der Waals surface area contributed by atoms with Crippen molar-refractivity contribution in [1.82, 2.24) is 36.4 Å². The first-order chi connectivity index (χ1) is 40.5. The molecule has 5 fully saturated rings. The fraction of sp³-hybridized carbons (Fsp3) is 0.522. The Labute approximate surface area is 494 Å². The summed E-state index contributed by atoms with van der Waals surface area (Å²) in [5, 5.41) is 15.2. The van der Waals surface area contributed by atoms with E-state index < -0.39 is 47.4 Å². The second-order valence-corrected chi connectivity index (χ2v) is 24.9. The maximum atomic E-state index is 14.3. The molecule has 5 N–H and O–H groups in total. The quantitative estimate of drug-likeness (QED) is 0.0283. The van der Waals surface area contributed by atoms with Crippen LogP contribution in [0.25, 0.3) is 0 Å². The van der Waals surface area contributed by atoms with Crippen molar-refractivity contribution in [3.05, 3.63) is 143 Å². The number of carbonyl (C=O) groups is 8. The van der Waals surface area contributed by atoms with Crippen LogP contribution >= 0.6 is 0 Å². The molecule has 0 spiro atoms. The largest absolute Gasteiger partial charge is 0.464 e. The molecule has 0 radical (unpaired) electrons. The summed E-state index contributed by atoms with van der Waals surface area (Å²) in [6, 6.07) is 35.5. The number of likely N-dealkylation sites (tertiary alicyclic amines) is 2. The molecule has 3 saturated carbocycles. The van der Waals surface area contributed by atoms with Crippen LogP contribution in [0.3, 0.4) is 0 Å². The van der Waals surface area contributed by atoms with Crippen LogP contribution in [0.1, 0.15) is 166 Å². The van der Waals surface area contributed by atoms with Crippen molar-refractivity contribution in [2.24, 2.45) is 23.7 Å². The monoisotopic (exact) mass is 1150 g/mol. The highest BCUT2D eigenvalue weighted by Gasteiger charge is 2.50. The molecule has 4 aromatic rings. The molecule has 0 aromatic heterocycles. The van der Waals surface area contributed by atoms with Crippen LogP contribution < -0.4 is 26.6 Å². The Morgan fingerprint density at radius 3 is 1.19 bits per heavy atom. The zero-order valence-electron chi connectivity index (χ0n) is 49.2. The van der Waals surface area contributed by atoms with E-state index in [1.807, 2.05) is 54.6 Å². The maximum Gasteiger partial charge on any atom is 0.408 e. The van der Waals surface area contributed by atoms with Gasteiger partial charge in [0.25, 0.3) is 11.8 Å². The number of carbonyl (C=O) groups excluding carboxylic acids is 8. The van der Waals surface area contributed by atoms with Gasteiger partial charge >= 0.3 is 12.1 Å². The van der Waals surface area contributed by atoms with E-state index in [-0.39, 0.29) is 97.5 Å². The van der Waals surface area contributed by atoms with Gasteiger partial charge in [0, 0.05) is 79.7 Å². The van der Waals surface area contributed by atoms with Gasteiger partial charge in [0.2, 0.25) is 23.6 Å². The van der Waals surface area contributed by atoms with Gasteiger partial charge in [0.1, 0.15) is 11.6 Å². The second-order valence-electron chi connectivity index (χ2n) is 24.9. The molecular weight excluding hydrogens is 1060 g/mol. The molecule has 4 aromatic carbocycles. The number of nitrogens with zero attached hydrogens (tertiary/aromatic N) is 2. The highest BCUT2D eigenvalue weighted by molar-refractivity contribution is 6.00. The number of unbranched alkanes of at least 4 members (excludes halogenated alkanes) is 9. The van der Waals surface area contributed by atoms with Crippen LogP contribution in [-0.2, 0) is 33.4 Å². The van der Waals surface area contributed by atoms with Gasteiger partial charge in [0.15, 0.2) is 0 Å². The highest BCUT2D eigenvalue weighted by atomic mass is 16.6. The lowest BCUT2D eigenvalue weighted by atomic mass is 9.94. The number of hydrogen-bond acceptors (Lipinski definition) is 10. The van der Waals surface area contributed by atoms with Crippen molar-refractivity contribution in [3.8, 4) is 0 Å².